The van der Waals surface area contributed by atoms with Gasteiger partial charge in [0.2, 0.25) is 0 Å². The van der Waals surface area contributed by atoms with E-state index in [1.54, 1.807) is 24.3 Å². The van der Waals surface area contributed by atoms with Crippen molar-refractivity contribution in [3.8, 4) is 5.75 Å². The van der Waals surface area contributed by atoms with Gasteiger partial charge in [0.05, 0.1) is 0 Å². The molecule has 0 bridgehead atoms. The van der Waals surface area contributed by atoms with Gasteiger partial charge in [0.15, 0.2) is 0 Å². The molecule has 1 aromatic rings. The highest BCUT2D eigenvalue weighted by Crippen LogP contribution is 2.34. The van der Waals surface area contributed by atoms with Crippen molar-refractivity contribution in [2.24, 2.45) is 11.7 Å². The van der Waals surface area contributed by atoms with E-state index < -0.39 is 6.61 Å². The summed E-state index contributed by atoms with van der Waals surface area (Å²) < 4.78 is 28.2. The predicted octanol–water partition coefficient (Wildman–Crippen LogP) is 3.48. The highest BCUT2D eigenvalue weighted by atomic mass is 19.3. The largest absolute Gasteiger partial charge is 0.435 e. The third-order valence-corrected chi connectivity index (χ3v) is 3.35. The average molecular weight is 241 g/mol. The van der Waals surface area contributed by atoms with Crippen LogP contribution in [0.25, 0.3) is 0 Å². The Hall–Kier alpha value is -1.16. The van der Waals surface area contributed by atoms with Crippen molar-refractivity contribution in [1.82, 2.24) is 0 Å². The highest BCUT2D eigenvalue weighted by molar-refractivity contribution is 5.29. The lowest BCUT2D eigenvalue weighted by molar-refractivity contribution is -0.0498. The van der Waals surface area contributed by atoms with E-state index in [1.807, 2.05) is 0 Å². The molecule has 1 aromatic carbocycles. The number of hydrogen-bond donors (Lipinski definition) is 1. The van der Waals surface area contributed by atoms with Gasteiger partial charge < -0.3 is 10.5 Å². The van der Waals surface area contributed by atoms with E-state index >= 15 is 0 Å². The zero-order valence-electron chi connectivity index (χ0n) is 9.61. The molecule has 0 aromatic heterocycles. The fourth-order valence-corrected chi connectivity index (χ4v) is 2.12. The molecule has 17 heavy (non-hydrogen) atoms. The van der Waals surface area contributed by atoms with Crippen LogP contribution >= 0.6 is 0 Å². The minimum Gasteiger partial charge on any atom is -0.435 e. The second-order valence-corrected chi connectivity index (χ2v) is 4.59. The van der Waals surface area contributed by atoms with Crippen LogP contribution in [0.2, 0.25) is 0 Å². The molecule has 94 valence electrons. The summed E-state index contributed by atoms with van der Waals surface area (Å²) in [6.45, 7) is -2.77. The molecule has 0 heterocycles. The van der Waals surface area contributed by atoms with E-state index in [0.29, 0.717) is 0 Å². The van der Waals surface area contributed by atoms with Gasteiger partial charge in [-0.2, -0.15) is 8.78 Å². The molecule has 0 saturated heterocycles. The molecular formula is C13H17F2NO. The Kier molecular flexibility index (Phi) is 3.94. The maximum atomic E-state index is 12.0. The molecule has 1 fully saturated rings. The van der Waals surface area contributed by atoms with Crippen LogP contribution in [-0.4, -0.2) is 6.61 Å². The quantitative estimate of drug-likeness (QED) is 0.856. The molecule has 0 spiro atoms. The lowest BCUT2D eigenvalue weighted by atomic mass is 9.80. The second kappa shape index (κ2) is 5.45. The first-order chi connectivity index (χ1) is 8.15. The Morgan fingerprint density at radius 2 is 1.88 bits per heavy atom. The number of benzene rings is 1. The van der Waals surface area contributed by atoms with Crippen LogP contribution in [0.4, 0.5) is 8.78 Å². The molecular weight excluding hydrogens is 224 g/mol. The number of hydrogen-bond acceptors (Lipinski definition) is 2. The van der Waals surface area contributed by atoms with Crippen molar-refractivity contribution in [3.05, 3.63) is 29.8 Å². The number of rotatable bonds is 5. The summed E-state index contributed by atoms with van der Waals surface area (Å²) in [6.07, 6.45) is 4.81. The maximum absolute atomic E-state index is 12.0. The van der Waals surface area contributed by atoms with Crippen molar-refractivity contribution in [3.63, 3.8) is 0 Å². The minimum absolute atomic E-state index is 0.000833. The predicted molar refractivity (Wildman–Crippen MR) is 62.0 cm³/mol. The molecule has 1 saturated carbocycles. The van der Waals surface area contributed by atoms with Crippen LogP contribution in [0.1, 0.15) is 37.3 Å². The molecule has 4 heteroatoms. The summed E-state index contributed by atoms with van der Waals surface area (Å²) in [7, 11) is 0. The summed E-state index contributed by atoms with van der Waals surface area (Å²) in [5.41, 5.74) is 7.05. The molecule has 0 radical (unpaired) electrons. The van der Waals surface area contributed by atoms with Gasteiger partial charge in [-0.15, -0.1) is 0 Å². The summed E-state index contributed by atoms with van der Waals surface area (Å²) in [6, 6.07) is 6.62. The van der Waals surface area contributed by atoms with Gasteiger partial charge in [-0.3, -0.25) is 0 Å². The Morgan fingerprint density at radius 1 is 1.24 bits per heavy atom. The van der Waals surface area contributed by atoms with E-state index in [9.17, 15) is 8.78 Å². The number of halogens is 2. The standard InChI is InChI=1S/C13H17F2NO/c14-13(15)17-11-6-4-10(5-7-11)12(16)8-9-2-1-3-9/h4-7,9,12-13H,1-3,8,16H2. The topological polar surface area (TPSA) is 35.2 Å². The SMILES string of the molecule is NC(CC1CCC1)c1ccc(OC(F)F)cc1. The van der Waals surface area contributed by atoms with Crippen molar-refractivity contribution < 1.29 is 13.5 Å². The fourth-order valence-electron chi connectivity index (χ4n) is 2.12. The minimum atomic E-state index is -2.77. The van der Waals surface area contributed by atoms with Gasteiger partial charge in [0.1, 0.15) is 5.75 Å². The van der Waals surface area contributed by atoms with Crippen LogP contribution in [0.3, 0.4) is 0 Å². The summed E-state index contributed by atoms with van der Waals surface area (Å²) in [5.74, 6) is 0.918. The molecule has 1 aliphatic carbocycles. The average Bonchev–Trinajstić information content (AvgIpc) is 2.23. The number of ether oxygens (including phenoxy) is 1. The third kappa shape index (κ3) is 3.40. The Bertz CT molecular complexity index is 349. The molecule has 1 atom stereocenters. The normalized spacial score (nSPS) is 17.9. The van der Waals surface area contributed by atoms with Gasteiger partial charge in [-0.05, 0) is 30.0 Å². The van der Waals surface area contributed by atoms with Gasteiger partial charge in [0.25, 0.3) is 0 Å². The second-order valence-electron chi connectivity index (χ2n) is 4.59. The molecule has 1 aliphatic rings. The summed E-state index contributed by atoms with van der Waals surface area (Å²) >= 11 is 0. The van der Waals surface area contributed by atoms with Crippen LogP contribution in [0.5, 0.6) is 5.75 Å². The Balaban J connectivity index is 1.91. The van der Waals surface area contributed by atoms with Gasteiger partial charge in [-0.1, -0.05) is 31.4 Å². The van der Waals surface area contributed by atoms with Crippen molar-refractivity contribution >= 4 is 0 Å². The van der Waals surface area contributed by atoms with E-state index in [1.165, 1.54) is 19.3 Å². The summed E-state index contributed by atoms with van der Waals surface area (Å²) in [4.78, 5) is 0. The smallest absolute Gasteiger partial charge is 0.387 e. The zero-order valence-corrected chi connectivity index (χ0v) is 9.61. The van der Waals surface area contributed by atoms with Gasteiger partial charge in [-0.25, -0.2) is 0 Å². The van der Waals surface area contributed by atoms with E-state index in [2.05, 4.69) is 4.74 Å². The van der Waals surface area contributed by atoms with Gasteiger partial charge >= 0.3 is 6.61 Å². The first-order valence-corrected chi connectivity index (χ1v) is 5.95. The first kappa shape index (κ1) is 12.3. The Labute approximate surface area is 99.8 Å². The maximum Gasteiger partial charge on any atom is 0.387 e. The molecule has 2 rings (SSSR count). The Morgan fingerprint density at radius 3 is 2.35 bits per heavy atom. The van der Waals surface area contributed by atoms with Crippen LogP contribution in [0, 0.1) is 5.92 Å². The highest BCUT2D eigenvalue weighted by Gasteiger charge is 2.20. The molecule has 2 N–H and O–H groups in total. The molecule has 2 nitrogen and oxygen atoms in total. The van der Waals surface area contributed by atoms with E-state index in [4.69, 9.17) is 5.73 Å². The van der Waals surface area contributed by atoms with E-state index in [0.717, 1.165) is 17.9 Å². The number of nitrogens with two attached hydrogens (primary N) is 1. The molecule has 0 amide bonds. The van der Waals surface area contributed by atoms with Gasteiger partial charge in [0, 0.05) is 6.04 Å². The van der Waals surface area contributed by atoms with Crippen molar-refractivity contribution in [2.75, 3.05) is 0 Å². The van der Waals surface area contributed by atoms with Crippen molar-refractivity contribution in [1.29, 1.82) is 0 Å². The van der Waals surface area contributed by atoms with Crippen LogP contribution in [-0.2, 0) is 0 Å². The first-order valence-electron chi connectivity index (χ1n) is 5.95. The molecule has 0 aliphatic heterocycles. The monoisotopic (exact) mass is 241 g/mol. The number of alkyl halides is 2. The van der Waals surface area contributed by atoms with Crippen molar-refractivity contribution in [2.45, 2.75) is 38.3 Å². The van der Waals surface area contributed by atoms with E-state index in [-0.39, 0.29) is 11.8 Å². The lowest BCUT2D eigenvalue weighted by Crippen LogP contribution is -2.20. The molecule has 1 unspecified atom stereocenters. The third-order valence-electron chi connectivity index (χ3n) is 3.35. The zero-order chi connectivity index (χ0) is 12.3. The fraction of sp³-hybridized carbons (Fsp3) is 0.538. The lowest BCUT2D eigenvalue weighted by Gasteiger charge is -2.28. The summed E-state index contributed by atoms with van der Waals surface area (Å²) in [5, 5.41) is 0. The van der Waals surface area contributed by atoms with Crippen LogP contribution < -0.4 is 10.5 Å². The van der Waals surface area contributed by atoms with Crippen LogP contribution in [0.15, 0.2) is 24.3 Å².